The first-order valence-corrected chi connectivity index (χ1v) is 7.15. The maximum Gasteiger partial charge on any atom is 0.294 e. The van der Waals surface area contributed by atoms with Crippen LogP contribution in [-0.2, 0) is 11.2 Å². The number of carbonyl (C=O) groups is 2. The number of likely N-dealkylation sites (tertiary alicyclic amines) is 1. The fraction of sp³-hybridized carbons (Fsp3) is 0.500. The summed E-state index contributed by atoms with van der Waals surface area (Å²) in [4.78, 5) is 25.7. The molecule has 102 valence electrons. The van der Waals surface area contributed by atoms with E-state index >= 15 is 0 Å². The predicted octanol–water partition coefficient (Wildman–Crippen LogP) is 2.83. The second-order valence-electron chi connectivity index (χ2n) is 5.13. The summed E-state index contributed by atoms with van der Waals surface area (Å²) in [7, 11) is 0. The van der Waals surface area contributed by atoms with Crippen molar-refractivity contribution in [2.24, 2.45) is 0 Å². The minimum atomic E-state index is -0.371. The molecular weight excluding hydrogens is 238 g/mol. The van der Waals surface area contributed by atoms with Crippen LogP contribution < -0.4 is 0 Å². The van der Waals surface area contributed by atoms with Crippen molar-refractivity contribution < 1.29 is 9.59 Å². The van der Waals surface area contributed by atoms with Gasteiger partial charge < -0.3 is 4.90 Å². The van der Waals surface area contributed by atoms with Gasteiger partial charge in [0.2, 0.25) is 5.78 Å². The van der Waals surface area contributed by atoms with Crippen LogP contribution in [0.3, 0.4) is 0 Å². The van der Waals surface area contributed by atoms with E-state index in [1.807, 2.05) is 12.1 Å². The highest BCUT2D eigenvalue weighted by Crippen LogP contribution is 2.12. The van der Waals surface area contributed by atoms with Crippen molar-refractivity contribution in [2.45, 2.75) is 39.0 Å². The molecule has 0 unspecified atom stereocenters. The normalized spacial score (nSPS) is 14.7. The van der Waals surface area contributed by atoms with Crippen LogP contribution >= 0.6 is 0 Å². The molecule has 0 spiro atoms. The van der Waals surface area contributed by atoms with E-state index in [0.29, 0.717) is 5.56 Å². The third-order valence-electron chi connectivity index (χ3n) is 3.62. The lowest BCUT2D eigenvalue weighted by Gasteiger charge is -2.13. The van der Waals surface area contributed by atoms with Crippen molar-refractivity contribution in [2.75, 3.05) is 13.1 Å². The number of carbonyl (C=O) groups excluding carboxylic acids is 2. The number of hydrogen-bond donors (Lipinski definition) is 0. The molecule has 0 saturated carbocycles. The molecule has 1 fully saturated rings. The summed E-state index contributed by atoms with van der Waals surface area (Å²) in [6.45, 7) is 3.60. The summed E-state index contributed by atoms with van der Waals surface area (Å²) < 4.78 is 0. The molecule has 1 amide bonds. The first-order valence-electron chi connectivity index (χ1n) is 7.15. The molecule has 1 aromatic carbocycles. The van der Waals surface area contributed by atoms with Gasteiger partial charge in [-0.05, 0) is 31.2 Å². The molecule has 3 nitrogen and oxygen atoms in total. The van der Waals surface area contributed by atoms with Gasteiger partial charge in [0.15, 0.2) is 0 Å². The van der Waals surface area contributed by atoms with E-state index in [4.69, 9.17) is 0 Å². The predicted molar refractivity (Wildman–Crippen MR) is 75.2 cm³/mol. The maximum absolute atomic E-state index is 12.1. The lowest BCUT2D eigenvalue weighted by atomic mass is 10.0. The van der Waals surface area contributed by atoms with Crippen LogP contribution in [-0.4, -0.2) is 29.7 Å². The number of rotatable bonds is 5. The monoisotopic (exact) mass is 259 g/mol. The van der Waals surface area contributed by atoms with Gasteiger partial charge in [-0.3, -0.25) is 9.59 Å². The van der Waals surface area contributed by atoms with Gasteiger partial charge in [0.05, 0.1) is 0 Å². The molecule has 0 bridgehead atoms. The van der Waals surface area contributed by atoms with E-state index in [2.05, 4.69) is 6.92 Å². The molecule has 0 aromatic heterocycles. The second-order valence-corrected chi connectivity index (χ2v) is 5.13. The van der Waals surface area contributed by atoms with Gasteiger partial charge in [-0.2, -0.15) is 0 Å². The van der Waals surface area contributed by atoms with Gasteiger partial charge in [-0.15, -0.1) is 0 Å². The minimum Gasteiger partial charge on any atom is -0.336 e. The summed E-state index contributed by atoms with van der Waals surface area (Å²) in [6.07, 6.45) is 5.36. The second kappa shape index (κ2) is 6.50. The third-order valence-corrected chi connectivity index (χ3v) is 3.62. The Labute approximate surface area is 114 Å². The van der Waals surface area contributed by atoms with Gasteiger partial charge in [-0.1, -0.05) is 37.6 Å². The number of aryl methyl sites for hydroxylation is 1. The number of hydrogen-bond acceptors (Lipinski definition) is 2. The lowest BCUT2D eigenvalue weighted by Crippen LogP contribution is -2.34. The zero-order valence-corrected chi connectivity index (χ0v) is 11.5. The van der Waals surface area contributed by atoms with E-state index in [9.17, 15) is 9.59 Å². The molecule has 0 aliphatic carbocycles. The Morgan fingerprint density at radius 1 is 1.11 bits per heavy atom. The fourth-order valence-electron chi connectivity index (χ4n) is 2.39. The first-order chi connectivity index (χ1) is 9.22. The Balaban J connectivity index is 2.00. The molecule has 1 heterocycles. The quantitative estimate of drug-likeness (QED) is 0.602. The molecule has 1 aromatic rings. The van der Waals surface area contributed by atoms with Crippen molar-refractivity contribution in [1.82, 2.24) is 4.90 Å². The Morgan fingerprint density at radius 3 is 2.32 bits per heavy atom. The largest absolute Gasteiger partial charge is 0.336 e. The highest BCUT2D eigenvalue weighted by molar-refractivity contribution is 6.42. The molecule has 0 N–H and O–H groups in total. The summed E-state index contributed by atoms with van der Waals surface area (Å²) in [6, 6.07) is 7.48. The maximum atomic E-state index is 12.1. The number of nitrogens with zero attached hydrogens (tertiary/aromatic N) is 1. The van der Waals surface area contributed by atoms with Crippen molar-refractivity contribution in [3.63, 3.8) is 0 Å². The average Bonchev–Trinajstić information content (AvgIpc) is 2.98. The van der Waals surface area contributed by atoms with Gasteiger partial charge in [0.1, 0.15) is 0 Å². The van der Waals surface area contributed by atoms with E-state index in [1.165, 1.54) is 5.56 Å². The van der Waals surface area contributed by atoms with Crippen LogP contribution in [0.25, 0.3) is 0 Å². The SMILES string of the molecule is CCCCc1ccc(C(=O)C(=O)N2CCCC2)cc1. The average molecular weight is 259 g/mol. The number of Topliss-reactive ketones (excluding diaryl/α,β-unsaturated/α-hetero) is 1. The van der Waals surface area contributed by atoms with E-state index < -0.39 is 0 Å². The van der Waals surface area contributed by atoms with Gasteiger partial charge in [-0.25, -0.2) is 0 Å². The smallest absolute Gasteiger partial charge is 0.294 e. The molecule has 0 radical (unpaired) electrons. The fourth-order valence-corrected chi connectivity index (χ4v) is 2.39. The number of ketones is 1. The molecule has 19 heavy (non-hydrogen) atoms. The van der Waals surface area contributed by atoms with Gasteiger partial charge >= 0.3 is 0 Å². The zero-order valence-electron chi connectivity index (χ0n) is 11.5. The zero-order chi connectivity index (χ0) is 13.7. The van der Waals surface area contributed by atoms with Crippen molar-refractivity contribution in [1.29, 1.82) is 0 Å². The molecular formula is C16H21NO2. The number of unbranched alkanes of at least 4 members (excludes halogenated alkanes) is 1. The van der Waals surface area contributed by atoms with E-state index in [1.54, 1.807) is 17.0 Å². The Kier molecular flexibility index (Phi) is 4.72. The highest BCUT2D eigenvalue weighted by atomic mass is 16.2. The van der Waals surface area contributed by atoms with Crippen LogP contribution in [0.15, 0.2) is 24.3 Å². The van der Waals surface area contributed by atoms with Gasteiger partial charge in [0.25, 0.3) is 5.91 Å². The third kappa shape index (κ3) is 3.43. The van der Waals surface area contributed by atoms with Crippen LogP contribution in [0.5, 0.6) is 0 Å². The number of benzene rings is 1. The molecule has 1 aliphatic heterocycles. The van der Waals surface area contributed by atoms with Crippen LogP contribution in [0.2, 0.25) is 0 Å². The molecule has 1 aliphatic rings. The molecule has 2 rings (SSSR count). The number of amides is 1. The lowest BCUT2D eigenvalue weighted by molar-refractivity contribution is -0.125. The molecule has 0 atom stereocenters. The van der Waals surface area contributed by atoms with E-state index in [-0.39, 0.29) is 11.7 Å². The first kappa shape index (κ1) is 13.8. The van der Waals surface area contributed by atoms with Crippen molar-refractivity contribution in [3.8, 4) is 0 Å². The molecule has 3 heteroatoms. The van der Waals surface area contributed by atoms with E-state index in [0.717, 1.165) is 45.2 Å². The van der Waals surface area contributed by atoms with Gasteiger partial charge in [0, 0.05) is 18.7 Å². The highest BCUT2D eigenvalue weighted by Gasteiger charge is 2.25. The van der Waals surface area contributed by atoms with Crippen molar-refractivity contribution >= 4 is 11.7 Å². The summed E-state index contributed by atoms with van der Waals surface area (Å²) in [5, 5.41) is 0. The standard InChI is InChI=1S/C16H21NO2/c1-2-3-6-13-7-9-14(10-8-13)15(18)16(19)17-11-4-5-12-17/h7-10H,2-6,11-12H2,1H3. The molecule has 1 saturated heterocycles. The topological polar surface area (TPSA) is 37.4 Å². The Morgan fingerprint density at radius 2 is 1.74 bits per heavy atom. The van der Waals surface area contributed by atoms with Crippen LogP contribution in [0, 0.1) is 0 Å². The Hall–Kier alpha value is -1.64. The Bertz CT molecular complexity index is 444. The summed E-state index contributed by atoms with van der Waals surface area (Å²) in [5.74, 6) is -0.720. The van der Waals surface area contributed by atoms with Crippen LogP contribution in [0.1, 0.15) is 48.5 Å². The minimum absolute atomic E-state index is 0.348. The van der Waals surface area contributed by atoms with Crippen molar-refractivity contribution in [3.05, 3.63) is 35.4 Å². The van der Waals surface area contributed by atoms with Crippen LogP contribution in [0.4, 0.5) is 0 Å². The summed E-state index contributed by atoms with van der Waals surface area (Å²) in [5.41, 5.74) is 1.74. The summed E-state index contributed by atoms with van der Waals surface area (Å²) >= 11 is 0.